The van der Waals surface area contributed by atoms with Crippen LogP contribution in [0.15, 0.2) is 47.3 Å². The van der Waals surface area contributed by atoms with E-state index >= 15 is 0 Å². The summed E-state index contributed by atoms with van der Waals surface area (Å²) in [7, 11) is 0. The van der Waals surface area contributed by atoms with Crippen LogP contribution in [0.4, 0.5) is 5.95 Å². The number of hydrogen-bond donors (Lipinski definition) is 1. The molecule has 25 heavy (non-hydrogen) atoms. The van der Waals surface area contributed by atoms with Gasteiger partial charge in [0.25, 0.3) is 0 Å². The van der Waals surface area contributed by atoms with Gasteiger partial charge in [-0.05, 0) is 48.6 Å². The van der Waals surface area contributed by atoms with Crippen molar-refractivity contribution >= 4 is 28.9 Å². The SMILES string of the molecule is CSc1nc(N[C@@H]2CCC3=C(C2)c2ccccc2C3)n2nccc2n1. The molecule has 2 aliphatic rings. The Balaban J connectivity index is 1.44. The Kier molecular flexibility index (Phi) is 3.52. The van der Waals surface area contributed by atoms with Crippen LogP contribution in [0.5, 0.6) is 0 Å². The number of aromatic nitrogens is 4. The summed E-state index contributed by atoms with van der Waals surface area (Å²) in [5.74, 6) is 0.791. The molecule has 3 aromatic rings. The summed E-state index contributed by atoms with van der Waals surface area (Å²) in [5.41, 5.74) is 6.92. The van der Waals surface area contributed by atoms with Crippen molar-refractivity contribution in [2.24, 2.45) is 0 Å². The minimum absolute atomic E-state index is 0.377. The van der Waals surface area contributed by atoms with Gasteiger partial charge in [-0.15, -0.1) is 0 Å². The Hall–Kier alpha value is -2.34. The van der Waals surface area contributed by atoms with Gasteiger partial charge in [0.15, 0.2) is 10.8 Å². The van der Waals surface area contributed by atoms with E-state index in [1.54, 1.807) is 28.0 Å². The Morgan fingerprint density at radius 1 is 1.20 bits per heavy atom. The molecule has 2 heterocycles. The molecule has 1 N–H and O–H groups in total. The molecule has 0 bridgehead atoms. The fourth-order valence-electron chi connectivity index (χ4n) is 3.98. The molecule has 0 fully saturated rings. The topological polar surface area (TPSA) is 55.1 Å². The third-order valence-electron chi connectivity index (χ3n) is 5.17. The molecule has 5 rings (SSSR count). The van der Waals surface area contributed by atoms with Crippen molar-refractivity contribution in [3.8, 4) is 0 Å². The van der Waals surface area contributed by atoms with Gasteiger partial charge in [0.05, 0.1) is 6.20 Å². The molecule has 5 nitrogen and oxygen atoms in total. The van der Waals surface area contributed by atoms with Gasteiger partial charge in [-0.2, -0.15) is 14.6 Å². The van der Waals surface area contributed by atoms with Gasteiger partial charge in [0, 0.05) is 12.1 Å². The first kappa shape index (κ1) is 15.0. The maximum Gasteiger partial charge on any atom is 0.228 e. The van der Waals surface area contributed by atoms with Crippen LogP contribution in [0.2, 0.25) is 0 Å². The van der Waals surface area contributed by atoms with Gasteiger partial charge in [0.1, 0.15) is 0 Å². The lowest BCUT2D eigenvalue weighted by Gasteiger charge is -2.26. The first-order valence-electron chi connectivity index (χ1n) is 8.63. The van der Waals surface area contributed by atoms with Crippen LogP contribution in [0.3, 0.4) is 0 Å². The highest BCUT2D eigenvalue weighted by Gasteiger charge is 2.28. The maximum atomic E-state index is 4.64. The van der Waals surface area contributed by atoms with Gasteiger partial charge in [0.2, 0.25) is 5.95 Å². The minimum Gasteiger partial charge on any atom is -0.351 e. The summed E-state index contributed by atoms with van der Waals surface area (Å²) in [6.45, 7) is 0. The summed E-state index contributed by atoms with van der Waals surface area (Å²) >= 11 is 1.56. The zero-order valence-corrected chi connectivity index (χ0v) is 14.9. The van der Waals surface area contributed by atoms with Crippen molar-refractivity contribution in [1.29, 1.82) is 0 Å². The first-order chi connectivity index (χ1) is 12.3. The van der Waals surface area contributed by atoms with Gasteiger partial charge >= 0.3 is 0 Å². The van der Waals surface area contributed by atoms with E-state index in [0.717, 1.165) is 42.4 Å². The molecule has 2 aliphatic carbocycles. The molecule has 0 spiro atoms. The molecule has 0 aliphatic heterocycles. The van der Waals surface area contributed by atoms with Gasteiger partial charge in [-0.1, -0.05) is 41.6 Å². The largest absolute Gasteiger partial charge is 0.351 e. The fraction of sp³-hybridized carbons (Fsp3) is 0.316. The van der Waals surface area contributed by atoms with Crippen LogP contribution >= 0.6 is 11.8 Å². The minimum atomic E-state index is 0.377. The van der Waals surface area contributed by atoms with Crippen molar-refractivity contribution in [3.05, 3.63) is 53.2 Å². The van der Waals surface area contributed by atoms with Crippen LogP contribution < -0.4 is 5.32 Å². The van der Waals surface area contributed by atoms with Crippen molar-refractivity contribution in [2.45, 2.75) is 36.9 Å². The summed E-state index contributed by atoms with van der Waals surface area (Å²) < 4.78 is 1.80. The smallest absolute Gasteiger partial charge is 0.228 e. The molecule has 1 atom stereocenters. The standard InChI is InChI=1S/C19H19N5S/c1-25-19-22-17-8-9-20-24(17)18(23-19)21-14-7-6-13-10-12-4-2-3-5-15(12)16(13)11-14/h2-5,8-9,14H,6-7,10-11H2,1H3,(H,21,22,23)/t14-/m1/s1. The molecule has 0 unspecified atom stereocenters. The second-order valence-electron chi connectivity index (χ2n) is 6.64. The quantitative estimate of drug-likeness (QED) is 0.729. The number of anilines is 1. The van der Waals surface area contributed by atoms with Crippen LogP contribution in [-0.2, 0) is 6.42 Å². The summed E-state index contributed by atoms with van der Waals surface area (Å²) in [5, 5.41) is 8.78. The monoisotopic (exact) mass is 349 g/mol. The number of hydrogen-bond acceptors (Lipinski definition) is 5. The van der Waals surface area contributed by atoms with Crippen molar-refractivity contribution in [1.82, 2.24) is 19.6 Å². The van der Waals surface area contributed by atoms with Crippen molar-refractivity contribution in [3.63, 3.8) is 0 Å². The van der Waals surface area contributed by atoms with Gasteiger partial charge in [-0.25, -0.2) is 4.98 Å². The Labute approximate surface area is 150 Å². The third-order valence-corrected chi connectivity index (χ3v) is 5.72. The molecule has 126 valence electrons. The highest BCUT2D eigenvalue weighted by atomic mass is 32.2. The van der Waals surface area contributed by atoms with Gasteiger partial charge in [-0.3, -0.25) is 0 Å². The number of rotatable bonds is 3. The van der Waals surface area contributed by atoms with E-state index in [1.165, 1.54) is 16.7 Å². The highest BCUT2D eigenvalue weighted by Crippen LogP contribution is 2.41. The Bertz CT molecular complexity index is 990. The van der Waals surface area contributed by atoms with Crippen LogP contribution in [-0.4, -0.2) is 31.9 Å². The first-order valence-corrected chi connectivity index (χ1v) is 9.86. The zero-order chi connectivity index (χ0) is 16.8. The van der Waals surface area contributed by atoms with E-state index in [1.807, 2.05) is 12.3 Å². The molecular weight excluding hydrogens is 330 g/mol. The average Bonchev–Trinajstić information content (AvgIpc) is 3.25. The predicted octanol–water partition coefficient (Wildman–Crippen LogP) is 3.82. The number of nitrogens with one attached hydrogen (secondary N) is 1. The highest BCUT2D eigenvalue weighted by molar-refractivity contribution is 7.98. The summed E-state index contributed by atoms with van der Waals surface area (Å²) in [6.07, 6.45) is 8.24. The maximum absolute atomic E-state index is 4.64. The van der Waals surface area contributed by atoms with Crippen LogP contribution in [0, 0.1) is 0 Å². The number of benzene rings is 1. The Morgan fingerprint density at radius 2 is 2.12 bits per heavy atom. The van der Waals surface area contributed by atoms with E-state index < -0.39 is 0 Å². The number of thioether (sulfide) groups is 1. The number of fused-ring (bicyclic) bond motifs is 3. The summed E-state index contributed by atoms with van der Waals surface area (Å²) in [6, 6.07) is 11.1. The molecule has 6 heteroatoms. The lowest BCUT2D eigenvalue weighted by Crippen LogP contribution is -2.25. The van der Waals surface area contributed by atoms with Crippen LogP contribution in [0.25, 0.3) is 11.2 Å². The molecule has 0 saturated heterocycles. The normalized spacial score (nSPS) is 19.2. The molecule has 0 saturated carbocycles. The van der Waals surface area contributed by atoms with Crippen LogP contribution in [0.1, 0.15) is 30.4 Å². The molecule has 2 aromatic heterocycles. The van der Waals surface area contributed by atoms with Gasteiger partial charge < -0.3 is 5.32 Å². The second kappa shape index (κ2) is 5.88. The van der Waals surface area contributed by atoms with E-state index in [0.29, 0.717) is 6.04 Å². The zero-order valence-electron chi connectivity index (χ0n) is 14.1. The number of allylic oxidation sites excluding steroid dienone is 1. The van der Waals surface area contributed by atoms with E-state index in [4.69, 9.17) is 0 Å². The predicted molar refractivity (Wildman–Crippen MR) is 101 cm³/mol. The fourth-order valence-corrected chi connectivity index (χ4v) is 4.34. The molecule has 1 aromatic carbocycles. The molecule has 0 amide bonds. The average molecular weight is 349 g/mol. The lowest BCUT2D eigenvalue weighted by atomic mass is 9.88. The third kappa shape index (κ3) is 2.52. The van der Waals surface area contributed by atoms with E-state index in [2.05, 4.69) is 44.6 Å². The van der Waals surface area contributed by atoms with Crippen molar-refractivity contribution < 1.29 is 0 Å². The van der Waals surface area contributed by atoms with E-state index in [9.17, 15) is 0 Å². The summed E-state index contributed by atoms with van der Waals surface area (Å²) in [4.78, 5) is 9.13. The lowest BCUT2D eigenvalue weighted by molar-refractivity contribution is 0.623. The molecular formula is C19H19N5S. The van der Waals surface area contributed by atoms with E-state index in [-0.39, 0.29) is 0 Å². The number of nitrogens with zero attached hydrogens (tertiary/aromatic N) is 4. The van der Waals surface area contributed by atoms with Crippen molar-refractivity contribution in [2.75, 3.05) is 11.6 Å². The second-order valence-corrected chi connectivity index (χ2v) is 7.41. The molecule has 0 radical (unpaired) electrons. The Morgan fingerprint density at radius 3 is 3.04 bits per heavy atom.